The van der Waals surface area contributed by atoms with Crippen molar-refractivity contribution in [1.29, 1.82) is 0 Å². The largest absolute Gasteiger partial charge is 0.491 e. The fourth-order valence-electron chi connectivity index (χ4n) is 3.44. The zero-order valence-electron chi connectivity index (χ0n) is 15.4. The highest BCUT2D eigenvalue weighted by atomic mass is 16.5. The van der Waals surface area contributed by atoms with Gasteiger partial charge in [-0.05, 0) is 31.2 Å². The number of ether oxygens (including phenoxy) is 2. The van der Waals surface area contributed by atoms with Crippen LogP contribution in [0, 0.1) is 0 Å². The van der Waals surface area contributed by atoms with E-state index in [9.17, 15) is 9.59 Å². The van der Waals surface area contributed by atoms with Crippen LogP contribution in [0.1, 0.15) is 22.8 Å². The number of para-hydroxylation sites is 2. The molecular formula is C20H21N3O5. The summed E-state index contributed by atoms with van der Waals surface area (Å²) in [4.78, 5) is 28.5. The number of urea groups is 1. The lowest BCUT2D eigenvalue weighted by molar-refractivity contribution is 0.0706. The average Bonchev–Trinajstić information content (AvgIpc) is 2.90. The van der Waals surface area contributed by atoms with Crippen LogP contribution in [-0.2, 0) is 6.54 Å². The van der Waals surface area contributed by atoms with Crippen molar-refractivity contribution >= 4 is 17.6 Å². The number of fused-ring (bicyclic) bond motifs is 2. The summed E-state index contributed by atoms with van der Waals surface area (Å²) in [6, 6.07) is 12.1. The molecule has 0 aromatic heterocycles. The van der Waals surface area contributed by atoms with E-state index in [-0.39, 0.29) is 17.6 Å². The Kier molecular flexibility index (Phi) is 4.79. The van der Waals surface area contributed by atoms with Gasteiger partial charge in [0.05, 0.1) is 24.8 Å². The maximum absolute atomic E-state index is 13.4. The Bertz CT molecular complexity index is 916. The van der Waals surface area contributed by atoms with Gasteiger partial charge in [0.25, 0.3) is 5.91 Å². The number of anilines is 1. The van der Waals surface area contributed by atoms with Crippen LogP contribution in [0.4, 0.5) is 10.5 Å². The minimum Gasteiger partial charge on any atom is -0.491 e. The third-order valence-electron chi connectivity index (χ3n) is 4.99. The molecule has 146 valence electrons. The third-order valence-corrected chi connectivity index (χ3v) is 4.99. The van der Waals surface area contributed by atoms with Gasteiger partial charge in [0.1, 0.15) is 24.7 Å². The van der Waals surface area contributed by atoms with E-state index in [0.29, 0.717) is 37.8 Å². The normalized spacial score (nSPS) is 18.1. The van der Waals surface area contributed by atoms with Crippen LogP contribution < -0.4 is 19.9 Å². The maximum Gasteiger partial charge on any atom is 0.325 e. The van der Waals surface area contributed by atoms with E-state index in [0.717, 1.165) is 11.3 Å². The van der Waals surface area contributed by atoms with E-state index < -0.39 is 5.91 Å². The molecular weight excluding hydrogens is 362 g/mol. The second-order valence-corrected chi connectivity index (χ2v) is 6.80. The third kappa shape index (κ3) is 3.22. The zero-order valence-corrected chi connectivity index (χ0v) is 15.4. The van der Waals surface area contributed by atoms with Gasteiger partial charge in [0.15, 0.2) is 0 Å². The van der Waals surface area contributed by atoms with Crippen LogP contribution in [0.2, 0.25) is 0 Å². The van der Waals surface area contributed by atoms with E-state index in [1.165, 1.54) is 0 Å². The van der Waals surface area contributed by atoms with Crippen molar-refractivity contribution in [2.24, 2.45) is 0 Å². The van der Waals surface area contributed by atoms with Crippen molar-refractivity contribution in [3.63, 3.8) is 0 Å². The summed E-state index contributed by atoms with van der Waals surface area (Å²) >= 11 is 0. The molecule has 8 heteroatoms. The Morgan fingerprint density at radius 3 is 2.79 bits per heavy atom. The molecule has 0 bridgehead atoms. The number of hydroxylamine groups is 1. The molecule has 0 fully saturated rings. The lowest BCUT2D eigenvalue weighted by atomic mass is 10.1. The second kappa shape index (κ2) is 7.40. The Labute approximate surface area is 162 Å². The van der Waals surface area contributed by atoms with Gasteiger partial charge in [-0.25, -0.2) is 10.3 Å². The van der Waals surface area contributed by atoms with Crippen LogP contribution in [0.3, 0.4) is 0 Å². The molecule has 3 amide bonds. The molecule has 2 aromatic rings. The highest BCUT2D eigenvalue weighted by molar-refractivity contribution is 5.95. The van der Waals surface area contributed by atoms with Gasteiger partial charge in [0, 0.05) is 11.1 Å². The minimum absolute atomic E-state index is 0.114. The Balaban J connectivity index is 1.62. The van der Waals surface area contributed by atoms with Crippen LogP contribution >= 0.6 is 0 Å². The topological polar surface area (TPSA) is 91.3 Å². The van der Waals surface area contributed by atoms with Crippen molar-refractivity contribution in [2.45, 2.75) is 19.5 Å². The van der Waals surface area contributed by atoms with Gasteiger partial charge >= 0.3 is 6.03 Å². The first-order chi connectivity index (χ1) is 13.6. The van der Waals surface area contributed by atoms with Crippen molar-refractivity contribution in [1.82, 2.24) is 10.4 Å². The molecule has 4 rings (SSSR count). The van der Waals surface area contributed by atoms with Crippen molar-refractivity contribution in [3.8, 4) is 11.5 Å². The first-order valence-corrected chi connectivity index (χ1v) is 9.08. The smallest absolute Gasteiger partial charge is 0.325 e. The van der Waals surface area contributed by atoms with Gasteiger partial charge in [-0.1, -0.05) is 18.2 Å². The minimum atomic E-state index is -0.610. The highest BCUT2D eigenvalue weighted by Gasteiger charge is 2.32. The number of amides is 3. The van der Waals surface area contributed by atoms with Gasteiger partial charge in [-0.3, -0.25) is 14.9 Å². The molecule has 28 heavy (non-hydrogen) atoms. The Morgan fingerprint density at radius 2 is 1.96 bits per heavy atom. The van der Waals surface area contributed by atoms with E-state index in [1.54, 1.807) is 33.5 Å². The number of carbonyl (C=O) groups excluding carboxylic acids is 2. The summed E-state index contributed by atoms with van der Waals surface area (Å²) in [5, 5.41) is 8.82. The molecule has 0 spiro atoms. The van der Waals surface area contributed by atoms with Crippen LogP contribution in [-0.4, -0.2) is 47.8 Å². The molecule has 2 N–H and O–H groups in total. The van der Waals surface area contributed by atoms with Gasteiger partial charge in [-0.15, -0.1) is 0 Å². The maximum atomic E-state index is 13.4. The molecule has 0 aliphatic carbocycles. The molecule has 2 aliphatic heterocycles. The second-order valence-electron chi connectivity index (χ2n) is 6.80. The fraction of sp³-hybridized carbons (Fsp3) is 0.300. The van der Waals surface area contributed by atoms with Crippen molar-refractivity contribution in [2.75, 3.05) is 24.7 Å². The fourth-order valence-corrected chi connectivity index (χ4v) is 3.44. The molecule has 1 atom stereocenters. The number of benzene rings is 2. The quantitative estimate of drug-likeness (QED) is 0.583. The van der Waals surface area contributed by atoms with Gasteiger partial charge < -0.3 is 14.4 Å². The molecule has 0 saturated carbocycles. The number of nitrogens with zero attached hydrogens (tertiary/aromatic N) is 2. The molecule has 0 saturated heterocycles. The summed E-state index contributed by atoms with van der Waals surface area (Å²) in [7, 11) is 0. The number of hydrogen-bond donors (Lipinski definition) is 2. The number of hydrogen-bond acceptors (Lipinski definition) is 5. The van der Waals surface area contributed by atoms with E-state index in [2.05, 4.69) is 0 Å². The van der Waals surface area contributed by atoms with Crippen molar-refractivity contribution < 1.29 is 24.3 Å². The average molecular weight is 383 g/mol. The highest BCUT2D eigenvalue weighted by Crippen LogP contribution is 2.33. The molecule has 8 nitrogen and oxygen atoms in total. The van der Waals surface area contributed by atoms with Gasteiger partial charge in [0.2, 0.25) is 0 Å². The van der Waals surface area contributed by atoms with E-state index >= 15 is 0 Å². The first kappa shape index (κ1) is 18.1. The summed E-state index contributed by atoms with van der Waals surface area (Å²) < 4.78 is 11.5. The molecule has 2 aliphatic rings. The summed E-state index contributed by atoms with van der Waals surface area (Å²) in [6.07, 6.45) is 0. The first-order valence-electron chi connectivity index (χ1n) is 9.08. The van der Waals surface area contributed by atoms with Gasteiger partial charge in [-0.2, -0.15) is 0 Å². The lowest BCUT2D eigenvalue weighted by Crippen LogP contribution is -2.50. The SMILES string of the molecule is C[C@H]1COc2cc(C(=O)NO)ccc2CN1C(=O)N1CCOc2ccccc21. The van der Waals surface area contributed by atoms with Crippen LogP contribution in [0.25, 0.3) is 0 Å². The van der Waals surface area contributed by atoms with Crippen LogP contribution in [0.5, 0.6) is 11.5 Å². The Morgan fingerprint density at radius 1 is 1.14 bits per heavy atom. The molecule has 2 aromatic carbocycles. The Hall–Kier alpha value is -3.26. The van der Waals surface area contributed by atoms with Crippen LogP contribution in [0.15, 0.2) is 42.5 Å². The van der Waals surface area contributed by atoms with Crippen molar-refractivity contribution in [3.05, 3.63) is 53.6 Å². The molecule has 0 unspecified atom stereocenters. The predicted molar refractivity (Wildman–Crippen MR) is 101 cm³/mol. The standard InChI is InChI=1S/C20H21N3O5/c1-13-12-28-18-10-14(19(24)21-26)6-7-15(18)11-23(13)20(25)22-8-9-27-17-5-3-2-4-16(17)22/h2-7,10,13,26H,8-9,11-12H2,1H3,(H,21,24)/t13-/m0/s1. The summed E-state index contributed by atoms with van der Waals surface area (Å²) in [5.41, 5.74) is 3.46. The van der Waals surface area contributed by atoms with E-state index in [1.807, 2.05) is 31.2 Å². The number of nitrogens with one attached hydrogen (secondary N) is 1. The number of carbonyl (C=O) groups is 2. The lowest BCUT2D eigenvalue weighted by Gasteiger charge is -2.35. The summed E-state index contributed by atoms with van der Waals surface area (Å²) in [5.74, 6) is 0.619. The molecule has 2 heterocycles. The monoisotopic (exact) mass is 383 g/mol. The predicted octanol–water partition coefficient (Wildman–Crippen LogP) is 2.41. The number of rotatable bonds is 1. The van der Waals surface area contributed by atoms with E-state index in [4.69, 9.17) is 14.7 Å². The molecule has 0 radical (unpaired) electrons. The summed E-state index contributed by atoms with van der Waals surface area (Å²) in [6.45, 7) is 3.50. The zero-order chi connectivity index (χ0) is 19.7.